The lowest BCUT2D eigenvalue weighted by Gasteiger charge is -2.05. The second kappa shape index (κ2) is 6.36. The lowest BCUT2D eigenvalue weighted by molar-refractivity contribution is -0.384. The van der Waals surface area contributed by atoms with Gasteiger partial charge >= 0.3 is 0 Å². The Morgan fingerprint density at radius 2 is 2.26 bits per heavy atom. The zero-order valence-corrected chi connectivity index (χ0v) is 12.4. The van der Waals surface area contributed by atoms with Crippen molar-refractivity contribution in [3.05, 3.63) is 57.2 Å². The Morgan fingerprint density at radius 1 is 1.39 bits per heavy atom. The zero-order chi connectivity index (χ0) is 16.2. The van der Waals surface area contributed by atoms with Gasteiger partial charge in [0.05, 0.1) is 15.4 Å². The van der Waals surface area contributed by atoms with E-state index in [1.165, 1.54) is 23.5 Å². The van der Waals surface area contributed by atoms with Gasteiger partial charge in [-0.3, -0.25) is 14.9 Å². The molecule has 0 amide bonds. The third kappa shape index (κ3) is 3.24. The van der Waals surface area contributed by atoms with Crippen LogP contribution in [-0.2, 0) is 6.61 Å². The molecule has 116 valence electrons. The first-order valence-electron chi connectivity index (χ1n) is 6.40. The fourth-order valence-electron chi connectivity index (χ4n) is 1.83. The molecule has 3 rings (SSSR count). The maximum absolute atomic E-state index is 11.0. The summed E-state index contributed by atoms with van der Waals surface area (Å²) in [5.41, 5.74) is -0.0971. The summed E-state index contributed by atoms with van der Waals surface area (Å²) in [6.45, 7) is -0.0203. The van der Waals surface area contributed by atoms with Gasteiger partial charge in [-0.25, -0.2) is 0 Å². The normalized spacial score (nSPS) is 10.4. The zero-order valence-electron chi connectivity index (χ0n) is 11.5. The molecule has 3 aromatic rings. The monoisotopic (exact) mass is 331 g/mol. The van der Waals surface area contributed by atoms with E-state index in [-0.39, 0.29) is 23.6 Å². The highest BCUT2D eigenvalue weighted by Gasteiger charge is 2.14. The average molecular weight is 331 g/mol. The van der Waals surface area contributed by atoms with E-state index in [0.717, 1.165) is 10.9 Å². The van der Waals surface area contributed by atoms with Gasteiger partial charge in [0.25, 0.3) is 11.6 Å². The van der Waals surface area contributed by atoms with E-state index in [9.17, 15) is 14.9 Å². The van der Waals surface area contributed by atoms with Gasteiger partial charge in [0, 0.05) is 12.1 Å². The first-order valence-corrected chi connectivity index (χ1v) is 7.28. The fourth-order valence-corrected chi connectivity index (χ4v) is 2.47. The average Bonchev–Trinajstić information content (AvgIpc) is 3.23. The smallest absolute Gasteiger partial charge is 0.270 e. The molecule has 8 nitrogen and oxygen atoms in total. The maximum atomic E-state index is 11.0. The number of hydrogen-bond donors (Lipinski definition) is 0. The summed E-state index contributed by atoms with van der Waals surface area (Å²) in [5.74, 6) is 0.912. The Bertz CT molecular complexity index is 844. The number of carbonyl (C=O) groups excluding carboxylic acids is 1. The third-order valence-electron chi connectivity index (χ3n) is 2.89. The van der Waals surface area contributed by atoms with Crippen LogP contribution in [0.15, 0.2) is 40.2 Å². The van der Waals surface area contributed by atoms with Gasteiger partial charge in [0.1, 0.15) is 5.75 Å². The van der Waals surface area contributed by atoms with Gasteiger partial charge < -0.3 is 9.26 Å². The van der Waals surface area contributed by atoms with Crippen LogP contribution in [0.4, 0.5) is 5.69 Å². The molecule has 23 heavy (non-hydrogen) atoms. The number of rotatable bonds is 6. The fraction of sp³-hybridized carbons (Fsp3) is 0.0714. The molecular formula is C14H9N3O5S. The van der Waals surface area contributed by atoms with Crippen LogP contribution in [0.3, 0.4) is 0 Å². The molecule has 1 aromatic carbocycles. The Morgan fingerprint density at radius 3 is 2.96 bits per heavy atom. The van der Waals surface area contributed by atoms with Crippen LogP contribution in [0.5, 0.6) is 5.75 Å². The minimum Gasteiger partial charge on any atom is -0.485 e. The number of ether oxygens (including phenoxy) is 1. The number of benzene rings is 1. The number of aldehydes is 1. The molecule has 0 aliphatic carbocycles. The summed E-state index contributed by atoms with van der Waals surface area (Å²) in [7, 11) is 0. The number of thiophene rings is 1. The van der Waals surface area contributed by atoms with Crippen molar-refractivity contribution in [2.24, 2.45) is 0 Å². The van der Waals surface area contributed by atoms with Crippen LogP contribution >= 0.6 is 11.3 Å². The molecule has 0 atom stereocenters. The van der Waals surface area contributed by atoms with Crippen LogP contribution in [0.25, 0.3) is 10.8 Å². The number of non-ortho nitro benzene ring substituents is 1. The Labute approximate surface area is 133 Å². The van der Waals surface area contributed by atoms with Crippen molar-refractivity contribution in [2.75, 3.05) is 0 Å². The molecule has 0 saturated heterocycles. The van der Waals surface area contributed by atoms with E-state index >= 15 is 0 Å². The molecule has 2 heterocycles. The standard InChI is InChI=1S/C14H9N3O5S/c18-7-9-6-10(17(19)20)3-4-11(9)21-8-13-15-14(22-16-13)12-2-1-5-23-12/h1-7H,8H2. The highest BCUT2D eigenvalue weighted by atomic mass is 32.1. The SMILES string of the molecule is O=Cc1cc([N+](=O)[O-])ccc1OCc1noc(-c2cccs2)n1. The van der Waals surface area contributed by atoms with Crippen LogP contribution in [0.1, 0.15) is 16.2 Å². The topological polar surface area (TPSA) is 108 Å². The second-order valence-corrected chi connectivity index (χ2v) is 5.33. The number of aromatic nitrogens is 2. The molecule has 0 spiro atoms. The van der Waals surface area contributed by atoms with Crippen molar-refractivity contribution in [1.82, 2.24) is 10.1 Å². The molecule has 0 bridgehead atoms. The lowest BCUT2D eigenvalue weighted by atomic mass is 10.2. The quantitative estimate of drug-likeness (QED) is 0.388. The molecule has 0 fully saturated rings. The predicted molar refractivity (Wildman–Crippen MR) is 80.4 cm³/mol. The molecule has 0 N–H and O–H groups in total. The van der Waals surface area contributed by atoms with E-state index < -0.39 is 4.92 Å². The molecule has 0 unspecified atom stereocenters. The summed E-state index contributed by atoms with van der Waals surface area (Å²) >= 11 is 1.47. The molecule has 0 saturated carbocycles. The number of nitro groups is 1. The van der Waals surface area contributed by atoms with E-state index in [4.69, 9.17) is 9.26 Å². The van der Waals surface area contributed by atoms with Crippen molar-refractivity contribution >= 4 is 23.3 Å². The van der Waals surface area contributed by atoms with Crippen LogP contribution in [-0.4, -0.2) is 21.4 Å². The van der Waals surface area contributed by atoms with E-state index in [1.54, 1.807) is 0 Å². The summed E-state index contributed by atoms with van der Waals surface area (Å²) in [6, 6.07) is 7.49. The second-order valence-electron chi connectivity index (χ2n) is 4.38. The molecule has 0 aliphatic rings. The van der Waals surface area contributed by atoms with Gasteiger partial charge in [-0.05, 0) is 17.5 Å². The first kappa shape index (κ1) is 14.9. The highest BCUT2D eigenvalue weighted by molar-refractivity contribution is 7.13. The lowest BCUT2D eigenvalue weighted by Crippen LogP contribution is -2.01. The molecular weight excluding hydrogens is 322 g/mol. The van der Waals surface area contributed by atoms with Crippen molar-refractivity contribution in [2.45, 2.75) is 6.61 Å². The number of nitro benzene ring substituents is 1. The van der Waals surface area contributed by atoms with E-state index in [1.807, 2.05) is 17.5 Å². The summed E-state index contributed by atoms with van der Waals surface area (Å²) in [4.78, 5) is 26.2. The van der Waals surface area contributed by atoms with Gasteiger partial charge in [0.15, 0.2) is 12.9 Å². The molecule has 0 radical (unpaired) electrons. The van der Waals surface area contributed by atoms with Gasteiger partial charge in [0.2, 0.25) is 5.82 Å². The number of nitrogens with zero attached hydrogens (tertiary/aromatic N) is 3. The minimum absolute atomic E-state index is 0.0203. The summed E-state index contributed by atoms with van der Waals surface area (Å²) in [6.07, 6.45) is 0.496. The van der Waals surface area contributed by atoms with E-state index in [2.05, 4.69) is 10.1 Å². The first-order chi connectivity index (χ1) is 11.2. The van der Waals surface area contributed by atoms with Crippen molar-refractivity contribution in [3.63, 3.8) is 0 Å². The Kier molecular flexibility index (Phi) is 4.11. The van der Waals surface area contributed by atoms with Crippen LogP contribution in [0, 0.1) is 10.1 Å². The Hall–Kier alpha value is -3.07. The Balaban J connectivity index is 1.73. The van der Waals surface area contributed by atoms with Gasteiger partial charge in [-0.15, -0.1) is 11.3 Å². The van der Waals surface area contributed by atoms with Crippen molar-refractivity contribution < 1.29 is 19.0 Å². The van der Waals surface area contributed by atoms with Gasteiger partial charge in [-0.2, -0.15) is 4.98 Å². The molecule has 9 heteroatoms. The van der Waals surface area contributed by atoms with Crippen LogP contribution in [0.2, 0.25) is 0 Å². The molecule has 0 aliphatic heterocycles. The van der Waals surface area contributed by atoms with Crippen molar-refractivity contribution in [3.8, 4) is 16.5 Å². The highest BCUT2D eigenvalue weighted by Crippen LogP contribution is 2.25. The summed E-state index contributed by atoms with van der Waals surface area (Å²) < 4.78 is 10.6. The van der Waals surface area contributed by atoms with E-state index in [0.29, 0.717) is 18.0 Å². The number of hydrogen-bond acceptors (Lipinski definition) is 8. The minimum atomic E-state index is -0.580. The molecule has 2 aromatic heterocycles. The van der Waals surface area contributed by atoms with Crippen molar-refractivity contribution in [1.29, 1.82) is 0 Å². The van der Waals surface area contributed by atoms with Gasteiger partial charge in [-0.1, -0.05) is 11.2 Å². The predicted octanol–water partition coefficient (Wildman–Crippen LogP) is 3.10. The largest absolute Gasteiger partial charge is 0.485 e. The summed E-state index contributed by atoms with van der Waals surface area (Å²) in [5, 5.41) is 16.4. The third-order valence-corrected chi connectivity index (χ3v) is 3.75. The number of carbonyl (C=O) groups is 1. The maximum Gasteiger partial charge on any atom is 0.270 e. The van der Waals surface area contributed by atoms with Crippen LogP contribution < -0.4 is 4.74 Å².